The minimum atomic E-state index is -0.0323. The van der Waals surface area contributed by atoms with E-state index in [4.69, 9.17) is 4.52 Å². The average Bonchev–Trinajstić information content (AvgIpc) is 3.07. The summed E-state index contributed by atoms with van der Waals surface area (Å²) in [7, 11) is 0. The van der Waals surface area contributed by atoms with E-state index in [2.05, 4.69) is 15.0 Å². The van der Waals surface area contributed by atoms with Crippen LogP contribution in [-0.2, 0) is 6.61 Å². The third-order valence-corrected chi connectivity index (χ3v) is 3.53. The normalized spacial score (nSPS) is 19.1. The van der Waals surface area contributed by atoms with Crippen molar-refractivity contribution in [3.8, 4) is 0 Å². The molecule has 0 aromatic carbocycles. The minimum Gasteiger partial charge on any atom is -0.390 e. The van der Waals surface area contributed by atoms with Crippen molar-refractivity contribution in [3.05, 3.63) is 41.5 Å². The maximum absolute atomic E-state index is 9.18. The first-order valence-corrected chi connectivity index (χ1v) is 6.53. The number of pyridine rings is 1. The van der Waals surface area contributed by atoms with Gasteiger partial charge in [0.15, 0.2) is 0 Å². The second-order valence-electron chi connectivity index (χ2n) is 4.88. The van der Waals surface area contributed by atoms with Crippen molar-refractivity contribution in [3.63, 3.8) is 0 Å². The fourth-order valence-electron chi connectivity index (χ4n) is 2.66. The monoisotopic (exact) mass is 259 g/mol. The predicted octanol–water partition coefficient (Wildman–Crippen LogP) is 2.21. The van der Waals surface area contributed by atoms with Crippen molar-refractivity contribution in [1.82, 2.24) is 10.1 Å². The molecule has 3 heterocycles. The highest BCUT2D eigenvalue weighted by Crippen LogP contribution is 2.35. The molecule has 1 unspecified atom stereocenters. The molecule has 1 atom stereocenters. The lowest BCUT2D eigenvalue weighted by Gasteiger charge is -2.25. The van der Waals surface area contributed by atoms with Crippen LogP contribution in [0.4, 0.5) is 5.69 Å². The van der Waals surface area contributed by atoms with E-state index in [1.54, 1.807) is 6.20 Å². The number of anilines is 1. The van der Waals surface area contributed by atoms with E-state index in [0.717, 1.165) is 36.5 Å². The number of aliphatic hydroxyl groups is 1. The van der Waals surface area contributed by atoms with E-state index in [0.29, 0.717) is 5.69 Å². The smallest absolute Gasteiger partial charge is 0.134 e. The van der Waals surface area contributed by atoms with Crippen LogP contribution in [0.1, 0.15) is 36.0 Å². The molecule has 0 aliphatic carbocycles. The summed E-state index contributed by atoms with van der Waals surface area (Å²) in [5.41, 5.74) is 2.76. The lowest BCUT2D eigenvalue weighted by molar-refractivity contribution is 0.277. The summed E-state index contributed by atoms with van der Waals surface area (Å²) in [5, 5.41) is 13.3. The maximum Gasteiger partial charge on any atom is 0.134 e. The average molecular weight is 259 g/mol. The zero-order valence-electron chi connectivity index (χ0n) is 10.9. The third kappa shape index (κ3) is 2.33. The molecule has 1 aliphatic rings. The Labute approximate surface area is 111 Å². The van der Waals surface area contributed by atoms with Crippen molar-refractivity contribution in [1.29, 1.82) is 0 Å². The van der Waals surface area contributed by atoms with Gasteiger partial charge >= 0.3 is 0 Å². The van der Waals surface area contributed by atoms with Crippen LogP contribution in [0.2, 0.25) is 0 Å². The predicted molar refractivity (Wildman–Crippen MR) is 70.7 cm³/mol. The number of hydrogen-bond donors (Lipinski definition) is 1. The fourth-order valence-corrected chi connectivity index (χ4v) is 2.66. The Morgan fingerprint density at radius 3 is 3.11 bits per heavy atom. The zero-order chi connectivity index (χ0) is 13.2. The molecule has 3 rings (SSSR count). The summed E-state index contributed by atoms with van der Waals surface area (Å²) in [5.74, 6) is 0.840. The van der Waals surface area contributed by atoms with Crippen LogP contribution < -0.4 is 4.90 Å². The standard InChI is InChI=1S/C14H17N3O2/c1-10-7-13(16-19-10)14-3-2-6-17(14)12-4-5-15-11(8-12)9-18/h4-5,7-8,14,18H,2-3,6,9H2,1H3. The summed E-state index contributed by atoms with van der Waals surface area (Å²) < 4.78 is 5.18. The second kappa shape index (κ2) is 5.01. The highest BCUT2D eigenvalue weighted by atomic mass is 16.5. The zero-order valence-corrected chi connectivity index (χ0v) is 10.9. The van der Waals surface area contributed by atoms with Gasteiger partial charge in [-0.15, -0.1) is 0 Å². The van der Waals surface area contributed by atoms with E-state index in [9.17, 15) is 5.11 Å². The molecule has 1 N–H and O–H groups in total. The van der Waals surface area contributed by atoms with Crippen LogP contribution in [0.5, 0.6) is 0 Å². The summed E-state index contributed by atoms with van der Waals surface area (Å²) in [6, 6.07) is 6.17. The Bertz CT molecular complexity index is 567. The number of rotatable bonds is 3. The van der Waals surface area contributed by atoms with E-state index < -0.39 is 0 Å². The molecule has 0 amide bonds. The first-order valence-electron chi connectivity index (χ1n) is 6.53. The molecule has 100 valence electrons. The van der Waals surface area contributed by atoms with Gasteiger partial charge in [-0.3, -0.25) is 4.98 Å². The molecule has 1 saturated heterocycles. The summed E-state index contributed by atoms with van der Waals surface area (Å²) in [6.07, 6.45) is 3.94. The molecule has 5 heteroatoms. The number of aromatic nitrogens is 2. The number of aryl methyl sites for hydroxylation is 1. The molecule has 19 heavy (non-hydrogen) atoms. The molecule has 2 aromatic rings. The van der Waals surface area contributed by atoms with Crippen LogP contribution in [-0.4, -0.2) is 21.8 Å². The molecule has 0 radical (unpaired) electrons. The van der Waals surface area contributed by atoms with Crippen molar-refractivity contribution < 1.29 is 9.63 Å². The van der Waals surface area contributed by atoms with Gasteiger partial charge in [-0.2, -0.15) is 0 Å². The van der Waals surface area contributed by atoms with Crippen LogP contribution in [0.15, 0.2) is 28.9 Å². The number of nitrogens with zero attached hydrogens (tertiary/aromatic N) is 3. The lowest BCUT2D eigenvalue weighted by atomic mass is 10.1. The van der Waals surface area contributed by atoms with Crippen molar-refractivity contribution >= 4 is 5.69 Å². The van der Waals surface area contributed by atoms with Crippen molar-refractivity contribution in [2.24, 2.45) is 0 Å². The van der Waals surface area contributed by atoms with Gasteiger partial charge in [0.1, 0.15) is 11.5 Å². The topological polar surface area (TPSA) is 62.4 Å². The van der Waals surface area contributed by atoms with Gasteiger partial charge in [-0.05, 0) is 31.9 Å². The Balaban J connectivity index is 1.90. The summed E-state index contributed by atoms with van der Waals surface area (Å²) in [4.78, 5) is 6.42. The quantitative estimate of drug-likeness (QED) is 0.915. The molecule has 0 bridgehead atoms. The lowest BCUT2D eigenvalue weighted by Crippen LogP contribution is -2.23. The van der Waals surface area contributed by atoms with E-state index in [1.807, 2.05) is 25.1 Å². The van der Waals surface area contributed by atoms with Crippen LogP contribution in [0.3, 0.4) is 0 Å². The van der Waals surface area contributed by atoms with E-state index in [1.165, 1.54) is 0 Å². The highest BCUT2D eigenvalue weighted by molar-refractivity contribution is 5.49. The van der Waals surface area contributed by atoms with Gasteiger partial charge in [0, 0.05) is 24.5 Å². The molecule has 0 spiro atoms. The molecular formula is C14H17N3O2. The van der Waals surface area contributed by atoms with E-state index >= 15 is 0 Å². The second-order valence-corrected chi connectivity index (χ2v) is 4.88. The third-order valence-electron chi connectivity index (χ3n) is 3.53. The molecule has 1 aliphatic heterocycles. The number of aliphatic hydroxyl groups excluding tert-OH is 1. The molecule has 1 fully saturated rings. The first kappa shape index (κ1) is 12.2. The largest absolute Gasteiger partial charge is 0.390 e. The van der Waals surface area contributed by atoms with Gasteiger partial charge in [0.2, 0.25) is 0 Å². The fraction of sp³-hybridized carbons (Fsp3) is 0.429. The summed E-state index contributed by atoms with van der Waals surface area (Å²) in [6.45, 7) is 2.87. The molecule has 5 nitrogen and oxygen atoms in total. The minimum absolute atomic E-state index is 0.0323. The van der Waals surface area contributed by atoms with Gasteiger partial charge < -0.3 is 14.5 Å². The Morgan fingerprint density at radius 2 is 2.37 bits per heavy atom. The van der Waals surface area contributed by atoms with Gasteiger partial charge in [0.25, 0.3) is 0 Å². The first-order chi connectivity index (χ1) is 9.28. The van der Waals surface area contributed by atoms with Crippen LogP contribution in [0.25, 0.3) is 0 Å². The van der Waals surface area contributed by atoms with Crippen LogP contribution in [0, 0.1) is 6.92 Å². The van der Waals surface area contributed by atoms with Gasteiger partial charge in [-0.1, -0.05) is 5.16 Å². The highest BCUT2D eigenvalue weighted by Gasteiger charge is 2.28. The van der Waals surface area contributed by atoms with Gasteiger partial charge in [0.05, 0.1) is 18.3 Å². The molecule has 0 saturated carbocycles. The molecular weight excluding hydrogens is 242 g/mol. The van der Waals surface area contributed by atoms with Crippen molar-refractivity contribution in [2.75, 3.05) is 11.4 Å². The Hall–Kier alpha value is -1.88. The maximum atomic E-state index is 9.18. The SMILES string of the molecule is Cc1cc(C2CCCN2c2ccnc(CO)c2)no1. The van der Waals surface area contributed by atoms with Gasteiger partial charge in [-0.25, -0.2) is 0 Å². The Morgan fingerprint density at radius 1 is 1.47 bits per heavy atom. The number of hydrogen-bond acceptors (Lipinski definition) is 5. The van der Waals surface area contributed by atoms with Crippen molar-refractivity contribution in [2.45, 2.75) is 32.4 Å². The Kier molecular flexibility index (Phi) is 3.21. The van der Waals surface area contributed by atoms with Crippen LogP contribution >= 0.6 is 0 Å². The summed E-state index contributed by atoms with van der Waals surface area (Å²) >= 11 is 0. The molecule has 2 aromatic heterocycles. The van der Waals surface area contributed by atoms with E-state index in [-0.39, 0.29) is 12.6 Å².